The van der Waals surface area contributed by atoms with Crippen LogP contribution in [0.25, 0.3) is 21.5 Å². The van der Waals surface area contributed by atoms with E-state index in [0.717, 1.165) is 12.3 Å². The Morgan fingerprint density at radius 1 is 0.778 bits per heavy atom. The van der Waals surface area contributed by atoms with E-state index in [9.17, 15) is 0 Å². The second-order valence-electron chi connectivity index (χ2n) is 9.30. The molecule has 4 aromatic rings. The number of hydrogen-bond donors (Lipinski definition) is 0. The predicted octanol–water partition coefficient (Wildman–Crippen LogP) is 2.94. The third-order valence-corrected chi connectivity index (χ3v) is 7.57. The van der Waals surface area contributed by atoms with E-state index in [1.165, 1.54) is 72.1 Å². The number of rotatable bonds is 4. The SMILES string of the molecule is [C-]1=CC=CC1.[Cl-].[Cl-].[Zr+2]=[C](Cc1ccccc1)CC1CCCCC1.c1ccc2c(c1)[cH-]c1ccccc12. The van der Waals surface area contributed by atoms with Crippen LogP contribution >= 0.6 is 0 Å². The Morgan fingerprint density at radius 3 is 1.89 bits per heavy atom. The maximum atomic E-state index is 2.99. The molecule has 186 valence electrons. The molecule has 0 radical (unpaired) electrons. The Morgan fingerprint density at radius 2 is 1.36 bits per heavy atom. The topological polar surface area (TPSA) is 0 Å². The van der Waals surface area contributed by atoms with E-state index < -0.39 is 0 Å². The first-order chi connectivity index (χ1) is 16.8. The van der Waals surface area contributed by atoms with E-state index >= 15 is 0 Å². The minimum atomic E-state index is 0. The van der Waals surface area contributed by atoms with Crippen molar-refractivity contribution < 1.29 is 49.0 Å². The summed E-state index contributed by atoms with van der Waals surface area (Å²) in [6, 6.07) is 30.2. The van der Waals surface area contributed by atoms with E-state index in [-0.39, 0.29) is 24.8 Å². The van der Waals surface area contributed by atoms with Gasteiger partial charge in [-0.1, -0.05) is 36.4 Å². The Balaban J connectivity index is 0.000000205. The summed E-state index contributed by atoms with van der Waals surface area (Å²) in [5.74, 6) is 1.01. The zero-order chi connectivity index (χ0) is 23.4. The summed E-state index contributed by atoms with van der Waals surface area (Å²) >= 11 is 1.65. The molecule has 2 aliphatic carbocycles. The maximum Gasteiger partial charge on any atom is -0.0771 e. The fraction of sp³-hybridized carbons (Fsp3) is 0.273. The van der Waals surface area contributed by atoms with Crippen LogP contribution in [0, 0.1) is 12.0 Å². The molecule has 0 spiro atoms. The molecule has 6 rings (SSSR count). The third-order valence-electron chi connectivity index (χ3n) is 6.63. The molecular weight excluding hydrogens is 558 g/mol. The van der Waals surface area contributed by atoms with Gasteiger partial charge in [-0.25, -0.2) is 12.2 Å². The van der Waals surface area contributed by atoms with Crippen LogP contribution in [0.1, 0.15) is 50.5 Å². The molecule has 36 heavy (non-hydrogen) atoms. The largest absolute Gasteiger partial charge is 0.126 e. The van der Waals surface area contributed by atoms with Gasteiger partial charge in [0.1, 0.15) is 0 Å². The quantitative estimate of drug-likeness (QED) is 0.320. The molecule has 4 aromatic carbocycles. The second kappa shape index (κ2) is 17.0. The van der Waals surface area contributed by atoms with Crippen LogP contribution in [-0.4, -0.2) is 3.21 Å². The van der Waals surface area contributed by atoms with Crippen molar-refractivity contribution in [3.8, 4) is 0 Å². The summed E-state index contributed by atoms with van der Waals surface area (Å²) in [6.07, 6.45) is 20.0. The van der Waals surface area contributed by atoms with Crippen LogP contribution in [0.2, 0.25) is 0 Å². The number of halogens is 2. The molecule has 3 heteroatoms. The average molecular weight is 593 g/mol. The molecule has 0 nitrogen and oxygen atoms in total. The van der Waals surface area contributed by atoms with Crippen molar-refractivity contribution in [1.82, 2.24) is 0 Å². The van der Waals surface area contributed by atoms with Crippen LogP contribution in [0.3, 0.4) is 0 Å². The van der Waals surface area contributed by atoms with Crippen LogP contribution < -0.4 is 24.8 Å². The molecule has 0 unspecified atom stereocenters. The second-order valence-corrected chi connectivity index (χ2v) is 11.0. The predicted molar refractivity (Wildman–Crippen MR) is 145 cm³/mol. The molecule has 0 aliphatic heterocycles. The minimum Gasteiger partial charge on any atom is -0.126 e. The van der Waals surface area contributed by atoms with Gasteiger partial charge in [0.25, 0.3) is 0 Å². The van der Waals surface area contributed by atoms with E-state index in [2.05, 4.69) is 97.1 Å². The van der Waals surface area contributed by atoms with Crippen molar-refractivity contribution in [3.63, 3.8) is 0 Å². The fourth-order valence-electron chi connectivity index (χ4n) is 4.90. The molecule has 0 atom stereocenters. The number of allylic oxidation sites excluding steroid dienone is 4. The molecule has 0 N–H and O–H groups in total. The third kappa shape index (κ3) is 9.66. The Hall–Kier alpha value is -1.66. The molecular formula is C33H34Cl2Zr-2. The Labute approximate surface area is 244 Å². The first-order valence-electron chi connectivity index (χ1n) is 12.6. The zero-order valence-corrected chi connectivity index (χ0v) is 24.8. The first-order valence-corrected chi connectivity index (χ1v) is 13.9. The van der Waals surface area contributed by atoms with E-state index in [0.29, 0.717) is 0 Å². The minimum absolute atomic E-state index is 0. The van der Waals surface area contributed by atoms with Crippen molar-refractivity contribution in [2.75, 3.05) is 0 Å². The van der Waals surface area contributed by atoms with Crippen molar-refractivity contribution in [3.05, 3.63) is 115 Å². The van der Waals surface area contributed by atoms with Gasteiger partial charge >= 0.3 is 114 Å². The number of hydrogen-bond acceptors (Lipinski definition) is 0. The molecule has 1 fully saturated rings. The molecule has 2 aliphatic rings. The zero-order valence-electron chi connectivity index (χ0n) is 20.8. The molecule has 0 bridgehead atoms. The van der Waals surface area contributed by atoms with Gasteiger partial charge in [0.2, 0.25) is 0 Å². The molecule has 0 aromatic heterocycles. The maximum absolute atomic E-state index is 2.99. The van der Waals surface area contributed by atoms with Gasteiger partial charge in [0.05, 0.1) is 0 Å². The summed E-state index contributed by atoms with van der Waals surface area (Å²) in [7, 11) is 0. The smallest absolute Gasteiger partial charge is 0.0771 e. The van der Waals surface area contributed by atoms with Gasteiger partial charge in [-0.3, -0.25) is 6.08 Å². The van der Waals surface area contributed by atoms with E-state index in [1.807, 2.05) is 12.2 Å². The van der Waals surface area contributed by atoms with Crippen LogP contribution in [0.5, 0.6) is 0 Å². The van der Waals surface area contributed by atoms with E-state index in [1.54, 1.807) is 27.4 Å². The van der Waals surface area contributed by atoms with E-state index in [4.69, 9.17) is 0 Å². The van der Waals surface area contributed by atoms with Crippen molar-refractivity contribution in [2.45, 2.75) is 51.4 Å². The molecule has 0 saturated heterocycles. The summed E-state index contributed by atoms with van der Waals surface area (Å²) in [6.45, 7) is 0. The van der Waals surface area contributed by atoms with Gasteiger partial charge < -0.3 is 24.8 Å². The van der Waals surface area contributed by atoms with Gasteiger partial charge in [-0.05, 0) is 0 Å². The Kier molecular flexibility index (Phi) is 14.4. The first kappa shape index (κ1) is 30.6. The van der Waals surface area contributed by atoms with Crippen LogP contribution in [0.15, 0.2) is 103 Å². The molecule has 0 heterocycles. The van der Waals surface area contributed by atoms with Gasteiger partial charge in [-0.2, -0.15) is 6.08 Å². The van der Waals surface area contributed by atoms with Gasteiger partial charge in [-0.15, -0.1) is 46.2 Å². The summed E-state index contributed by atoms with van der Waals surface area (Å²) in [5.41, 5.74) is 1.49. The Bertz CT molecular complexity index is 1170. The van der Waals surface area contributed by atoms with Crippen LogP contribution in [-0.2, 0) is 30.7 Å². The standard InChI is InChI=1S/C15H20.C13H9.C5H5.2ClH.Zr/c1-3-8-14(9-4-1)12-7-13-15-10-5-2-6-11-15;1-3-7-12-10(5-1)9-11-6-2-4-8-13(11)12;1-2-4-5-3-1;;;/h1,3-4,8-9,15H,2,5-6,10-13H2;1-9H;1-3H,4H2;2*1H;/q;2*-1;;;+2/p-2. The van der Waals surface area contributed by atoms with Crippen molar-refractivity contribution in [2.24, 2.45) is 5.92 Å². The summed E-state index contributed by atoms with van der Waals surface area (Å²) in [5, 5.41) is 5.39. The molecule has 1 saturated carbocycles. The van der Waals surface area contributed by atoms with Crippen molar-refractivity contribution >= 4 is 24.8 Å². The monoisotopic (exact) mass is 590 g/mol. The normalized spacial score (nSPS) is 14.2. The summed E-state index contributed by atoms with van der Waals surface area (Å²) < 4.78 is 1.75. The van der Waals surface area contributed by atoms with Gasteiger partial charge in [0.15, 0.2) is 0 Å². The number of fused-ring (bicyclic) bond motifs is 3. The van der Waals surface area contributed by atoms with Crippen molar-refractivity contribution in [1.29, 1.82) is 0 Å². The summed E-state index contributed by atoms with van der Waals surface area (Å²) in [4.78, 5) is 0. The fourth-order valence-corrected chi connectivity index (χ4v) is 6.11. The average Bonchev–Trinajstić information content (AvgIpc) is 3.58. The van der Waals surface area contributed by atoms with Gasteiger partial charge in [0, 0.05) is 0 Å². The molecule has 0 amide bonds. The van der Waals surface area contributed by atoms with Crippen LogP contribution in [0.4, 0.5) is 0 Å². The number of benzene rings is 3.